The van der Waals surface area contributed by atoms with E-state index in [0.29, 0.717) is 38.8 Å². The first-order valence-electron chi connectivity index (χ1n) is 13.6. The number of carbonyl (C=O) groups is 4. The molecule has 2 aromatic rings. The number of nitrogens with zero attached hydrogens (tertiary/aromatic N) is 1. The van der Waals surface area contributed by atoms with Crippen LogP contribution in [0.15, 0.2) is 54.6 Å². The molecule has 1 heterocycles. The van der Waals surface area contributed by atoms with Crippen LogP contribution in [0.1, 0.15) is 43.2 Å². The van der Waals surface area contributed by atoms with Crippen LogP contribution in [0, 0.1) is 0 Å². The molecule has 4 atom stereocenters. The van der Waals surface area contributed by atoms with Crippen LogP contribution in [0.2, 0.25) is 0 Å². The number of benzene rings is 2. The number of nitrogens with one attached hydrogen (secondary N) is 2. The predicted molar refractivity (Wildman–Crippen MR) is 149 cm³/mol. The summed E-state index contributed by atoms with van der Waals surface area (Å²) in [6.07, 6.45) is 2.76. The van der Waals surface area contributed by atoms with Gasteiger partial charge in [-0.05, 0) is 68.3 Å². The maximum Gasteiger partial charge on any atom is 0.326 e. The number of likely N-dealkylation sites (tertiary alicyclic amines) is 1. The lowest BCUT2D eigenvalue weighted by molar-refractivity contribution is -0.149. The van der Waals surface area contributed by atoms with Crippen LogP contribution in [-0.2, 0) is 32.0 Å². The Balaban J connectivity index is 1.75. The molecule has 1 aliphatic heterocycles. The topological polar surface area (TPSA) is 188 Å². The number of carbonyl (C=O) groups excluding carboxylic acids is 3. The lowest BCUT2D eigenvalue weighted by Gasteiger charge is -2.29. The summed E-state index contributed by atoms with van der Waals surface area (Å²) in [5, 5.41) is 24.6. The minimum atomic E-state index is -1.08. The number of unbranched alkanes of at least 4 members (excludes halogenated alkanes) is 1. The Morgan fingerprint density at radius 2 is 1.55 bits per heavy atom. The summed E-state index contributed by atoms with van der Waals surface area (Å²) in [6.45, 7) is 0.711. The zero-order chi connectivity index (χ0) is 29.1. The van der Waals surface area contributed by atoms with E-state index in [4.69, 9.17) is 11.5 Å². The number of carboxylic acids is 1. The van der Waals surface area contributed by atoms with E-state index < -0.39 is 47.9 Å². The molecule has 2 aromatic carbocycles. The highest BCUT2D eigenvalue weighted by Crippen LogP contribution is 2.20. The third-order valence-electron chi connectivity index (χ3n) is 7.03. The molecule has 0 spiro atoms. The van der Waals surface area contributed by atoms with Crippen molar-refractivity contribution in [2.75, 3.05) is 13.1 Å². The second-order valence-corrected chi connectivity index (χ2v) is 10.1. The molecular formula is C29H39N5O6. The number of amides is 3. The minimum Gasteiger partial charge on any atom is -0.508 e. The Bertz CT molecular complexity index is 1140. The zero-order valence-corrected chi connectivity index (χ0v) is 22.5. The number of phenols is 1. The molecule has 3 amide bonds. The van der Waals surface area contributed by atoms with E-state index in [2.05, 4.69) is 10.6 Å². The fraction of sp³-hybridized carbons (Fsp3) is 0.448. The summed E-state index contributed by atoms with van der Waals surface area (Å²) in [5.41, 5.74) is 13.3. The lowest BCUT2D eigenvalue weighted by Crippen LogP contribution is -2.57. The summed E-state index contributed by atoms with van der Waals surface area (Å²) in [6, 6.07) is 11.6. The maximum absolute atomic E-state index is 13.5. The van der Waals surface area contributed by atoms with Crippen LogP contribution < -0.4 is 22.1 Å². The van der Waals surface area contributed by atoms with E-state index in [1.54, 1.807) is 12.1 Å². The second kappa shape index (κ2) is 15.0. The first-order valence-corrected chi connectivity index (χ1v) is 13.6. The van der Waals surface area contributed by atoms with Gasteiger partial charge in [-0.1, -0.05) is 42.5 Å². The van der Waals surface area contributed by atoms with Gasteiger partial charge in [0.15, 0.2) is 0 Å². The van der Waals surface area contributed by atoms with E-state index in [9.17, 15) is 29.4 Å². The Kier molecular flexibility index (Phi) is 11.5. The number of hydrogen-bond donors (Lipinski definition) is 6. The Morgan fingerprint density at radius 3 is 2.20 bits per heavy atom. The molecule has 0 unspecified atom stereocenters. The predicted octanol–water partition coefficient (Wildman–Crippen LogP) is 0.679. The normalized spacial score (nSPS) is 17.1. The molecule has 0 radical (unpaired) electrons. The molecule has 1 saturated heterocycles. The van der Waals surface area contributed by atoms with E-state index in [1.165, 1.54) is 17.0 Å². The van der Waals surface area contributed by atoms with Gasteiger partial charge in [-0.3, -0.25) is 14.4 Å². The Morgan fingerprint density at radius 1 is 0.900 bits per heavy atom. The van der Waals surface area contributed by atoms with Gasteiger partial charge >= 0.3 is 5.97 Å². The van der Waals surface area contributed by atoms with Gasteiger partial charge in [0.1, 0.15) is 23.9 Å². The average Bonchev–Trinajstić information content (AvgIpc) is 3.44. The van der Waals surface area contributed by atoms with Crippen LogP contribution in [0.25, 0.3) is 0 Å². The van der Waals surface area contributed by atoms with Crippen LogP contribution in [-0.4, -0.2) is 76.1 Å². The summed E-state index contributed by atoms with van der Waals surface area (Å²) < 4.78 is 0. The Labute approximate surface area is 233 Å². The van der Waals surface area contributed by atoms with Gasteiger partial charge in [0.05, 0.1) is 6.04 Å². The largest absolute Gasteiger partial charge is 0.508 e. The van der Waals surface area contributed by atoms with E-state index >= 15 is 0 Å². The van der Waals surface area contributed by atoms with Crippen LogP contribution in [0.4, 0.5) is 0 Å². The first-order chi connectivity index (χ1) is 19.2. The van der Waals surface area contributed by atoms with Crippen molar-refractivity contribution in [3.63, 3.8) is 0 Å². The van der Waals surface area contributed by atoms with Gasteiger partial charge in [-0.2, -0.15) is 0 Å². The number of hydrogen-bond acceptors (Lipinski definition) is 7. The number of aromatic hydroxyl groups is 1. The van der Waals surface area contributed by atoms with Gasteiger partial charge in [0, 0.05) is 13.0 Å². The van der Waals surface area contributed by atoms with Gasteiger partial charge in [0.2, 0.25) is 17.7 Å². The SMILES string of the molecule is NCCCC[C@@H](NC(=O)[C@@H](N)Cc1ccc(O)cc1)C(=O)N[C@@H](Cc1ccccc1)C(=O)N1CCC[C@@H]1C(=O)O. The van der Waals surface area contributed by atoms with Gasteiger partial charge < -0.3 is 37.2 Å². The van der Waals surface area contributed by atoms with Gasteiger partial charge in [-0.15, -0.1) is 0 Å². The van der Waals surface area contributed by atoms with E-state index in [0.717, 1.165) is 11.1 Å². The molecular weight excluding hydrogens is 514 g/mol. The summed E-state index contributed by atoms with van der Waals surface area (Å²) in [7, 11) is 0. The first kappa shape index (κ1) is 30.6. The molecule has 1 fully saturated rings. The molecule has 3 rings (SSSR count). The van der Waals surface area contributed by atoms with Gasteiger partial charge in [-0.25, -0.2) is 4.79 Å². The van der Waals surface area contributed by atoms with Crippen molar-refractivity contribution < 1.29 is 29.4 Å². The number of aliphatic carboxylic acids is 1. The molecule has 0 saturated carbocycles. The van der Waals surface area contributed by atoms with Crippen molar-refractivity contribution in [2.24, 2.45) is 11.5 Å². The molecule has 216 valence electrons. The van der Waals surface area contributed by atoms with Crippen molar-refractivity contribution in [1.29, 1.82) is 0 Å². The average molecular weight is 554 g/mol. The molecule has 0 bridgehead atoms. The number of rotatable bonds is 14. The van der Waals surface area contributed by atoms with Crippen LogP contribution >= 0.6 is 0 Å². The highest BCUT2D eigenvalue weighted by Gasteiger charge is 2.38. The molecule has 11 heteroatoms. The smallest absolute Gasteiger partial charge is 0.326 e. The Hall–Kier alpha value is -3.96. The number of nitrogens with two attached hydrogens (primary N) is 2. The minimum absolute atomic E-state index is 0.0987. The van der Waals surface area contributed by atoms with Crippen molar-refractivity contribution in [3.8, 4) is 5.75 Å². The fourth-order valence-electron chi connectivity index (χ4n) is 4.83. The fourth-order valence-corrected chi connectivity index (χ4v) is 4.83. The zero-order valence-electron chi connectivity index (χ0n) is 22.5. The molecule has 1 aliphatic rings. The molecule has 0 aromatic heterocycles. The van der Waals surface area contributed by atoms with Crippen molar-refractivity contribution in [2.45, 2.75) is 69.1 Å². The van der Waals surface area contributed by atoms with E-state index in [-0.39, 0.29) is 25.0 Å². The van der Waals surface area contributed by atoms with Gasteiger partial charge in [0.25, 0.3) is 0 Å². The summed E-state index contributed by atoms with van der Waals surface area (Å²) in [4.78, 5) is 53.1. The number of phenolic OH excluding ortho intramolecular Hbond substituents is 1. The van der Waals surface area contributed by atoms with Crippen LogP contribution in [0.5, 0.6) is 5.75 Å². The third-order valence-corrected chi connectivity index (χ3v) is 7.03. The highest BCUT2D eigenvalue weighted by atomic mass is 16.4. The molecule has 8 N–H and O–H groups in total. The summed E-state index contributed by atoms with van der Waals surface area (Å²) in [5.74, 6) is -2.54. The monoisotopic (exact) mass is 553 g/mol. The highest BCUT2D eigenvalue weighted by molar-refractivity contribution is 5.94. The quantitative estimate of drug-likeness (QED) is 0.184. The van der Waals surface area contributed by atoms with E-state index in [1.807, 2.05) is 30.3 Å². The van der Waals surface area contributed by atoms with Crippen LogP contribution in [0.3, 0.4) is 0 Å². The third kappa shape index (κ3) is 8.78. The summed E-state index contributed by atoms with van der Waals surface area (Å²) >= 11 is 0. The molecule has 40 heavy (non-hydrogen) atoms. The lowest BCUT2D eigenvalue weighted by atomic mass is 10.0. The van der Waals surface area contributed by atoms with Crippen molar-refractivity contribution in [1.82, 2.24) is 15.5 Å². The standard InChI is InChI=1S/C29H39N5O6/c30-15-5-4-9-23(32-26(36)22(31)17-20-11-13-21(35)14-12-20)27(37)33-24(18-19-7-2-1-3-8-19)28(38)34-16-6-10-25(34)29(39)40/h1-3,7-8,11-14,22-25,35H,4-6,9-10,15-18,30-31H2,(H,32,36)(H,33,37)(H,39,40)/t22-,23+,24-,25+/m0/s1. The maximum atomic E-state index is 13.5. The van der Waals surface area contributed by atoms with Crippen molar-refractivity contribution in [3.05, 3.63) is 65.7 Å². The second-order valence-electron chi connectivity index (χ2n) is 10.1. The van der Waals surface area contributed by atoms with Crippen molar-refractivity contribution >= 4 is 23.7 Å². The molecule has 0 aliphatic carbocycles. The molecule has 11 nitrogen and oxygen atoms in total. The number of carboxylic acid groups (broad SMARTS) is 1.